The molecule has 0 spiro atoms. The fourth-order valence-corrected chi connectivity index (χ4v) is 2.27. The molecule has 1 unspecified atom stereocenters. The number of furan rings is 1. The summed E-state index contributed by atoms with van der Waals surface area (Å²) in [4.78, 5) is 11.8. The number of carbonyl (C=O) groups excluding carboxylic acids is 1. The first kappa shape index (κ1) is 11.7. The summed E-state index contributed by atoms with van der Waals surface area (Å²) < 4.78 is 11.3. The Balaban J connectivity index is 1.90. The molecule has 1 aliphatic rings. The number of nitrogens with one attached hydrogen (secondary N) is 1. The molecule has 4 nitrogen and oxygen atoms in total. The molecule has 0 aliphatic carbocycles. The van der Waals surface area contributed by atoms with Gasteiger partial charge in [0.1, 0.15) is 0 Å². The van der Waals surface area contributed by atoms with E-state index in [1.165, 1.54) is 0 Å². The molecule has 1 saturated heterocycles. The summed E-state index contributed by atoms with van der Waals surface area (Å²) in [5.41, 5.74) is 0.830. The molecule has 1 amide bonds. The molecule has 1 aliphatic heterocycles. The summed E-state index contributed by atoms with van der Waals surface area (Å²) >= 11 is 3.20. The van der Waals surface area contributed by atoms with Crippen LogP contribution in [0.4, 0.5) is 0 Å². The van der Waals surface area contributed by atoms with Crippen LogP contribution < -0.4 is 5.32 Å². The Bertz CT molecular complexity index is 383. The molecule has 0 radical (unpaired) electrons. The van der Waals surface area contributed by atoms with E-state index >= 15 is 0 Å². The van der Waals surface area contributed by atoms with Crippen molar-refractivity contribution >= 4 is 21.8 Å². The SMILES string of the molecule is Cc1cc(Br)oc1C(=O)NCC1CCCO1. The highest BCUT2D eigenvalue weighted by Gasteiger charge is 2.19. The summed E-state index contributed by atoms with van der Waals surface area (Å²) in [5, 5.41) is 2.82. The van der Waals surface area contributed by atoms with Crippen LogP contribution in [0.15, 0.2) is 15.2 Å². The van der Waals surface area contributed by atoms with E-state index in [0.29, 0.717) is 17.0 Å². The largest absolute Gasteiger partial charge is 0.444 e. The molecule has 2 rings (SSSR count). The molecule has 1 N–H and O–H groups in total. The van der Waals surface area contributed by atoms with Crippen LogP contribution in [0.3, 0.4) is 0 Å². The van der Waals surface area contributed by atoms with Gasteiger partial charge in [-0.05, 0) is 41.8 Å². The van der Waals surface area contributed by atoms with Crippen LogP contribution >= 0.6 is 15.9 Å². The molecule has 0 bridgehead atoms. The van der Waals surface area contributed by atoms with Crippen molar-refractivity contribution in [2.45, 2.75) is 25.9 Å². The third kappa shape index (κ3) is 2.65. The zero-order valence-corrected chi connectivity index (χ0v) is 10.7. The van der Waals surface area contributed by atoms with Crippen LogP contribution in [0, 0.1) is 6.92 Å². The monoisotopic (exact) mass is 287 g/mol. The van der Waals surface area contributed by atoms with Crippen molar-refractivity contribution in [3.63, 3.8) is 0 Å². The molecule has 88 valence electrons. The van der Waals surface area contributed by atoms with E-state index in [-0.39, 0.29) is 12.0 Å². The molecule has 1 fully saturated rings. The summed E-state index contributed by atoms with van der Waals surface area (Å²) in [6.45, 7) is 3.19. The predicted molar refractivity (Wildman–Crippen MR) is 62.5 cm³/mol. The average Bonchev–Trinajstić information content (AvgIpc) is 2.84. The highest BCUT2D eigenvalue weighted by molar-refractivity contribution is 9.10. The minimum Gasteiger partial charge on any atom is -0.444 e. The second kappa shape index (κ2) is 5.01. The van der Waals surface area contributed by atoms with Gasteiger partial charge in [0, 0.05) is 18.7 Å². The molecule has 2 heterocycles. The Hall–Kier alpha value is -0.810. The minimum atomic E-state index is -0.182. The van der Waals surface area contributed by atoms with Crippen LogP contribution in [-0.4, -0.2) is 25.2 Å². The highest BCUT2D eigenvalue weighted by Crippen LogP contribution is 2.19. The van der Waals surface area contributed by atoms with Crippen molar-refractivity contribution in [1.29, 1.82) is 0 Å². The van der Waals surface area contributed by atoms with Crippen molar-refractivity contribution in [2.24, 2.45) is 0 Å². The number of hydrogen-bond acceptors (Lipinski definition) is 3. The van der Waals surface area contributed by atoms with Gasteiger partial charge in [-0.2, -0.15) is 0 Å². The van der Waals surface area contributed by atoms with Gasteiger partial charge >= 0.3 is 0 Å². The van der Waals surface area contributed by atoms with Gasteiger partial charge in [0.2, 0.25) is 0 Å². The summed E-state index contributed by atoms with van der Waals surface area (Å²) in [7, 11) is 0. The topological polar surface area (TPSA) is 51.5 Å². The van der Waals surface area contributed by atoms with Crippen molar-refractivity contribution in [3.05, 3.63) is 22.1 Å². The first-order chi connectivity index (χ1) is 7.66. The standard InChI is InChI=1S/C11H14BrNO3/c1-7-5-9(12)16-10(7)11(14)13-6-8-3-2-4-15-8/h5,8H,2-4,6H2,1H3,(H,13,14). The van der Waals surface area contributed by atoms with Crippen LogP contribution in [-0.2, 0) is 4.74 Å². The van der Waals surface area contributed by atoms with Crippen LogP contribution in [0.1, 0.15) is 29.0 Å². The average molecular weight is 288 g/mol. The number of ether oxygens (including phenoxy) is 1. The zero-order valence-electron chi connectivity index (χ0n) is 9.09. The number of carbonyl (C=O) groups is 1. The second-order valence-electron chi connectivity index (χ2n) is 3.91. The lowest BCUT2D eigenvalue weighted by molar-refractivity contribution is 0.0833. The predicted octanol–water partition coefficient (Wildman–Crippen LogP) is 2.26. The Morgan fingerprint density at radius 3 is 3.06 bits per heavy atom. The van der Waals surface area contributed by atoms with E-state index in [4.69, 9.17) is 9.15 Å². The van der Waals surface area contributed by atoms with Gasteiger partial charge in [-0.3, -0.25) is 4.79 Å². The lowest BCUT2D eigenvalue weighted by Gasteiger charge is -2.09. The van der Waals surface area contributed by atoms with Gasteiger partial charge < -0.3 is 14.5 Å². The number of rotatable bonds is 3. The third-order valence-corrected chi connectivity index (χ3v) is 3.00. The lowest BCUT2D eigenvalue weighted by Crippen LogP contribution is -2.31. The van der Waals surface area contributed by atoms with Crippen molar-refractivity contribution in [3.8, 4) is 0 Å². The molecule has 16 heavy (non-hydrogen) atoms. The van der Waals surface area contributed by atoms with Crippen LogP contribution in [0.25, 0.3) is 0 Å². The Morgan fingerprint density at radius 1 is 1.69 bits per heavy atom. The Kier molecular flexibility index (Phi) is 3.66. The van der Waals surface area contributed by atoms with Crippen molar-refractivity contribution in [2.75, 3.05) is 13.2 Å². The van der Waals surface area contributed by atoms with E-state index < -0.39 is 0 Å². The van der Waals surface area contributed by atoms with Gasteiger partial charge in [-0.15, -0.1) is 0 Å². The van der Waals surface area contributed by atoms with Gasteiger partial charge in [0.25, 0.3) is 5.91 Å². The molecule has 1 aromatic heterocycles. The summed E-state index contributed by atoms with van der Waals surface area (Å²) in [6, 6.07) is 1.78. The summed E-state index contributed by atoms with van der Waals surface area (Å²) in [5.74, 6) is 0.184. The first-order valence-corrected chi connectivity index (χ1v) is 6.12. The van der Waals surface area contributed by atoms with Crippen molar-refractivity contribution in [1.82, 2.24) is 5.32 Å². The van der Waals surface area contributed by atoms with E-state index in [0.717, 1.165) is 25.0 Å². The van der Waals surface area contributed by atoms with Gasteiger partial charge in [0.05, 0.1) is 6.10 Å². The van der Waals surface area contributed by atoms with E-state index in [2.05, 4.69) is 21.2 Å². The molecular weight excluding hydrogens is 274 g/mol. The molecule has 0 saturated carbocycles. The van der Waals surface area contributed by atoms with Gasteiger partial charge in [-0.1, -0.05) is 0 Å². The van der Waals surface area contributed by atoms with Gasteiger partial charge in [0.15, 0.2) is 10.4 Å². The maximum absolute atomic E-state index is 11.8. The van der Waals surface area contributed by atoms with E-state index in [1.807, 2.05) is 6.92 Å². The summed E-state index contributed by atoms with van der Waals surface area (Å²) in [6.07, 6.45) is 2.25. The minimum absolute atomic E-state index is 0.155. The number of halogens is 1. The number of hydrogen-bond donors (Lipinski definition) is 1. The van der Waals surface area contributed by atoms with Crippen LogP contribution in [0.5, 0.6) is 0 Å². The lowest BCUT2D eigenvalue weighted by atomic mass is 10.2. The highest BCUT2D eigenvalue weighted by atomic mass is 79.9. The molecule has 5 heteroatoms. The fourth-order valence-electron chi connectivity index (χ4n) is 1.76. The Labute approximate surface area is 102 Å². The van der Waals surface area contributed by atoms with Crippen LogP contribution in [0.2, 0.25) is 0 Å². The smallest absolute Gasteiger partial charge is 0.287 e. The molecule has 1 aromatic rings. The third-order valence-electron chi connectivity index (χ3n) is 2.61. The fraction of sp³-hybridized carbons (Fsp3) is 0.545. The maximum atomic E-state index is 11.8. The number of amides is 1. The number of aryl methyl sites for hydroxylation is 1. The normalized spacial score (nSPS) is 20.0. The molecular formula is C11H14BrNO3. The van der Waals surface area contributed by atoms with Crippen molar-refractivity contribution < 1.29 is 13.9 Å². The maximum Gasteiger partial charge on any atom is 0.287 e. The van der Waals surface area contributed by atoms with E-state index in [9.17, 15) is 4.79 Å². The molecule has 0 aromatic carbocycles. The van der Waals surface area contributed by atoms with Gasteiger partial charge in [-0.25, -0.2) is 0 Å². The first-order valence-electron chi connectivity index (χ1n) is 5.32. The van der Waals surface area contributed by atoms with E-state index in [1.54, 1.807) is 6.07 Å². The molecule has 1 atom stereocenters. The quantitative estimate of drug-likeness (QED) is 0.928. The Morgan fingerprint density at radius 2 is 2.50 bits per heavy atom. The zero-order chi connectivity index (χ0) is 11.5. The second-order valence-corrected chi connectivity index (χ2v) is 4.69.